The lowest BCUT2D eigenvalue weighted by Crippen LogP contribution is -2.08. The highest BCUT2D eigenvalue weighted by molar-refractivity contribution is 5.98. The number of hydrogen-bond donors (Lipinski definition) is 0. The van der Waals surface area contributed by atoms with Gasteiger partial charge in [0, 0.05) is 19.6 Å². The van der Waals surface area contributed by atoms with Crippen LogP contribution in [0, 0.1) is 0 Å². The van der Waals surface area contributed by atoms with E-state index in [-0.39, 0.29) is 5.78 Å². The summed E-state index contributed by atoms with van der Waals surface area (Å²) in [6, 6.07) is 5.21. The normalized spacial score (nSPS) is 10.1. The number of rotatable bonds is 7. The Labute approximate surface area is 101 Å². The summed E-state index contributed by atoms with van der Waals surface area (Å²) < 4.78 is 15.5. The van der Waals surface area contributed by atoms with Gasteiger partial charge < -0.3 is 14.2 Å². The van der Waals surface area contributed by atoms with Crippen molar-refractivity contribution >= 4 is 5.78 Å². The van der Waals surface area contributed by atoms with Crippen LogP contribution in [0.3, 0.4) is 0 Å². The summed E-state index contributed by atoms with van der Waals surface area (Å²) in [5.41, 5.74) is 0.587. The van der Waals surface area contributed by atoms with Gasteiger partial charge in [-0.1, -0.05) is 6.92 Å². The van der Waals surface area contributed by atoms with Crippen molar-refractivity contribution in [2.24, 2.45) is 0 Å². The van der Waals surface area contributed by atoms with E-state index in [0.29, 0.717) is 36.7 Å². The molecule has 0 saturated heterocycles. The molecule has 0 radical (unpaired) electrons. The standard InChI is InChI=1S/C13H18O4/c1-4-12(14)11-6-5-10(16-3)9-13(11)17-8-7-15-2/h5-6,9H,4,7-8H2,1-3H3. The van der Waals surface area contributed by atoms with E-state index in [9.17, 15) is 4.79 Å². The van der Waals surface area contributed by atoms with Gasteiger partial charge in [0.05, 0.1) is 19.3 Å². The van der Waals surface area contributed by atoms with Crippen molar-refractivity contribution in [1.29, 1.82) is 0 Å². The Hall–Kier alpha value is -1.55. The Balaban J connectivity index is 2.90. The van der Waals surface area contributed by atoms with E-state index in [1.165, 1.54) is 0 Å². The van der Waals surface area contributed by atoms with Crippen LogP contribution in [0.1, 0.15) is 23.7 Å². The van der Waals surface area contributed by atoms with Crippen molar-refractivity contribution in [1.82, 2.24) is 0 Å². The fraction of sp³-hybridized carbons (Fsp3) is 0.462. The maximum absolute atomic E-state index is 11.7. The second-order valence-electron chi connectivity index (χ2n) is 3.48. The van der Waals surface area contributed by atoms with Crippen LogP contribution in [0.25, 0.3) is 0 Å². The van der Waals surface area contributed by atoms with Crippen LogP contribution >= 0.6 is 0 Å². The molecule has 0 amide bonds. The number of Topliss-reactive ketones (excluding diaryl/α,β-unsaturated/α-hetero) is 1. The van der Waals surface area contributed by atoms with Crippen LogP contribution in [-0.4, -0.2) is 33.2 Å². The molecule has 0 aliphatic heterocycles. The molecule has 0 heterocycles. The monoisotopic (exact) mass is 238 g/mol. The summed E-state index contributed by atoms with van der Waals surface area (Å²) in [6.07, 6.45) is 0.451. The van der Waals surface area contributed by atoms with E-state index < -0.39 is 0 Å². The third-order valence-electron chi connectivity index (χ3n) is 2.36. The number of carbonyl (C=O) groups excluding carboxylic acids is 1. The summed E-state index contributed by atoms with van der Waals surface area (Å²) >= 11 is 0. The van der Waals surface area contributed by atoms with Gasteiger partial charge in [0.1, 0.15) is 18.1 Å². The molecule has 0 N–H and O–H groups in total. The lowest BCUT2D eigenvalue weighted by molar-refractivity contribution is 0.0980. The van der Waals surface area contributed by atoms with Crippen molar-refractivity contribution in [2.75, 3.05) is 27.4 Å². The van der Waals surface area contributed by atoms with Gasteiger partial charge in [-0.2, -0.15) is 0 Å². The predicted molar refractivity (Wildman–Crippen MR) is 65.0 cm³/mol. The molecule has 0 atom stereocenters. The minimum Gasteiger partial charge on any atom is -0.497 e. The number of methoxy groups -OCH3 is 2. The zero-order chi connectivity index (χ0) is 12.7. The summed E-state index contributed by atoms with van der Waals surface area (Å²) in [4.78, 5) is 11.7. The topological polar surface area (TPSA) is 44.8 Å². The summed E-state index contributed by atoms with van der Waals surface area (Å²) in [7, 11) is 3.18. The van der Waals surface area contributed by atoms with Crippen molar-refractivity contribution in [2.45, 2.75) is 13.3 Å². The third-order valence-corrected chi connectivity index (χ3v) is 2.36. The smallest absolute Gasteiger partial charge is 0.166 e. The van der Waals surface area contributed by atoms with Crippen molar-refractivity contribution < 1.29 is 19.0 Å². The first-order chi connectivity index (χ1) is 8.22. The summed E-state index contributed by atoms with van der Waals surface area (Å²) in [6.45, 7) is 2.72. The fourth-order valence-electron chi connectivity index (χ4n) is 1.40. The largest absolute Gasteiger partial charge is 0.497 e. The highest BCUT2D eigenvalue weighted by Gasteiger charge is 2.12. The SMILES string of the molecule is CCC(=O)c1ccc(OC)cc1OCCOC. The first-order valence-corrected chi connectivity index (χ1v) is 5.55. The molecule has 0 aliphatic rings. The molecular weight excluding hydrogens is 220 g/mol. The molecule has 0 fully saturated rings. The number of hydrogen-bond acceptors (Lipinski definition) is 4. The Bertz CT molecular complexity index is 374. The lowest BCUT2D eigenvalue weighted by atomic mass is 10.1. The summed E-state index contributed by atoms with van der Waals surface area (Å²) in [5, 5.41) is 0. The maximum Gasteiger partial charge on any atom is 0.166 e. The third kappa shape index (κ3) is 3.75. The Kier molecular flexibility index (Phi) is 5.49. The van der Waals surface area contributed by atoms with Gasteiger partial charge in [0.25, 0.3) is 0 Å². The Morgan fingerprint density at radius 3 is 2.59 bits per heavy atom. The second-order valence-corrected chi connectivity index (χ2v) is 3.48. The van der Waals surface area contributed by atoms with Crippen LogP contribution < -0.4 is 9.47 Å². The molecule has 17 heavy (non-hydrogen) atoms. The number of benzene rings is 1. The second kappa shape index (κ2) is 6.91. The highest BCUT2D eigenvalue weighted by atomic mass is 16.5. The van der Waals surface area contributed by atoms with Crippen LogP contribution in [0.15, 0.2) is 18.2 Å². The first kappa shape index (κ1) is 13.5. The summed E-state index contributed by atoms with van der Waals surface area (Å²) in [5.74, 6) is 1.28. The molecular formula is C13H18O4. The average Bonchev–Trinajstić information content (AvgIpc) is 2.38. The van der Waals surface area contributed by atoms with Crippen molar-refractivity contribution in [3.63, 3.8) is 0 Å². The first-order valence-electron chi connectivity index (χ1n) is 5.55. The van der Waals surface area contributed by atoms with E-state index in [4.69, 9.17) is 14.2 Å². The zero-order valence-corrected chi connectivity index (χ0v) is 10.5. The zero-order valence-electron chi connectivity index (χ0n) is 10.5. The van der Waals surface area contributed by atoms with E-state index in [1.807, 2.05) is 6.92 Å². The lowest BCUT2D eigenvalue weighted by Gasteiger charge is -2.11. The van der Waals surface area contributed by atoms with Gasteiger partial charge in [0.2, 0.25) is 0 Å². The molecule has 0 unspecified atom stereocenters. The van der Waals surface area contributed by atoms with Crippen molar-refractivity contribution in [3.05, 3.63) is 23.8 Å². The molecule has 4 nitrogen and oxygen atoms in total. The average molecular weight is 238 g/mol. The molecule has 0 spiro atoms. The number of carbonyl (C=O) groups is 1. The van der Waals surface area contributed by atoms with E-state index in [0.717, 1.165) is 0 Å². The Morgan fingerprint density at radius 2 is 2.00 bits per heavy atom. The van der Waals surface area contributed by atoms with Gasteiger partial charge in [-0.3, -0.25) is 4.79 Å². The Morgan fingerprint density at radius 1 is 1.24 bits per heavy atom. The van der Waals surface area contributed by atoms with Gasteiger partial charge in [-0.15, -0.1) is 0 Å². The van der Waals surface area contributed by atoms with Gasteiger partial charge in [0.15, 0.2) is 5.78 Å². The van der Waals surface area contributed by atoms with Crippen molar-refractivity contribution in [3.8, 4) is 11.5 Å². The van der Waals surface area contributed by atoms with Gasteiger partial charge >= 0.3 is 0 Å². The minimum absolute atomic E-state index is 0.0556. The van der Waals surface area contributed by atoms with Crippen LogP contribution in [0.2, 0.25) is 0 Å². The molecule has 0 aliphatic carbocycles. The molecule has 1 rings (SSSR count). The fourth-order valence-corrected chi connectivity index (χ4v) is 1.40. The maximum atomic E-state index is 11.7. The minimum atomic E-state index is 0.0556. The highest BCUT2D eigenvalue weighted by Crippen LogP contribution is 2.25. The molecule has 0 saturated carbocycles. The molecule has 4 heteroatoms. The molecule has 1 aromatic carbocycles. The molecule has 94 valence electrons. The van der Waals surface area contributed by atoms with Gasteiger partial charge in [-0.25, -0.2) is 0 Å². The van der Waals surface area contributed by atoms with Crippen LogP contribution in [0.5, 0.6) is 11.5 Å². The number of ketones is 1. The molecule has 0 aromatic heterocycles. The van der Waals surface area contributed by atoms with Gasteiger partial charge in [-0.05, 0) is 12.1 Å². The van der Waals surface area contributed by atoms with E-state index in [2.05, 4.69) is 0 Å². The van der Waals surface area contributed by atoms with E-state index in [1.54, 1.807) is 32.4 Å². The predicted octanol–water partition coefficient (Wildman–Crippen LogP) is 2.31. The molecule has 1 aromatic rings. The van der Waals surface area contributed by atoms with Crippen LogP contribution in [0.4, 0.5) is 0 Å². The number of ether oxygens (including phenoxy) is 3. The van der Waals surface area contributed by atoms with E-state index >= 15 is 0 Å². The van der Waals surface area contributed by atoms with Crippen LogP contribution in [-0.2, 0) is 4.74 Å². The quantitative estimate of drug-likeness (QED) is 0.540. The molecule has 0 bridgehead atoms.